The highest BCUT2D eigenvalue weighted by Crippen LogP contribution is 2.35. The minimum atomic E-state index is -3.18. The number of benzene rings is 2. The van der Waals surface area contributed by atoms with Gasteiger partial charge in [-0.1, -0.05) is 0 Å². The Morgan fingerprint density at radius 1 is 0.975 bits per heavy atom. The van der Waals surface area contributed by atoms with Crippen LogP contribution in [0.1, 0.15) is 35.4 Å². The van der Waals surface area contributed by atoms with Gasteiger partial charge in [0.25, 0.3) is 5.91 Å². The van der Waals surface area contributed by atoms with Crippen molar-refractivity contribution in [2.75, 3.05) is 36.4 Å². The molecule has 208 valence electrons. The van der Waals surface area contributed by atoms with Gasteiger partial charge in [0, 0.05) is 23.9 Å². The highest BCUT2D eigenvalue weighted by atomic mass is 32.2. The average molecular weight is 564 g/mol. The first-order chi connectivity index (χ1) is 19.1. The summed E-state index contributed by atoms with van der Waals surface area (Å²) in [6, 6.07) is 13.4. The number of carbonyl (C=O) groups excluding carboxylic acids is 2. The number of sulfone groups is 1. The lowest BCUT2D eigenvalue weighted by molar-refractivity contribution is -0.114. The molecule has 1 saturated heterocycles. The molecule has 2 aromatic carbocycles. The summed E-state index contributed by atoms with van der Waals surface area (Å²) in [6.07, 6.45) is 0.420. The van der Waals surface area contributed by atoms with Crippen molar-refractivity contribution < 1.29 is 27.5 Å². The van der Waals surface area contributed by atoms with Gasteiger partial charge >= 0.3 is 0 Å². The summed E-state index contributed by atoms with van der Waals surface area (Å²) in [5.74, 6) is 0.510. The molecule has 0 spiro atoms. The minimum absolute atomic E-state index is 0.0341. The number of rotatable bonds is 7. The van der Waals surface area contributed by atoms with Crippen molar-refractivity contribution in [3.05, 3.63) is 59.8 Å². The fourth-order valence-electron chi connectivity index (χ4n) is 4.90. The number of ether oxygens (including phenoxy) is 2. The van der Waals surface area contributed by atoms with Gasteiger partial charge in [0.2, 0.25) is 5.91 Å². The van der Waals surface area contributed by atoms with E-state index in [-0.39, 0.29) is 29.4 Å². The van der Waals surface area contributed by atoms with E-state index in [0.717, 1.165) is 0 Å². The number of nitrogens with one attached hydrogen (secondary N) is 2. The summed E-state index contributed by atoms with van der Waals surface area (Å²) in [6.45, 7) is 3.20. The van der Waals surface area contributed by atoms with E-state index in [0.29, 0.717) is 62.8 Å². The van der Waals surface area contributed by atoms with E-state index in [9.17, 15) is 18.0 Å². The van der Waals surface area contributed by atoms with Crippen LogP contribution in [-0.4, -0.2) is 60.7 Å². The largest absolute Gasteiger partial charge is 0.493 e. The van der Waals surface area contributed by atoms with Gasteiger partial charge in [-0.15, -0.1) is 0 Å². The molecule has 0 saturated carbocycles. The van der Waals surface area contributed by atoms with E-state index in [2.05, 4.69) is 15.7 Å². The zero-order valence-corrected chi connectivity index (χ0v) is 23.3. The van der Waals surface area contributed by atoms with Crippen LogP contribution in [0.25, 0.3) is 22.3 Å². The number of amides is 2. The van der Waals surface area contributed by atoms with Gasteiger partial charge in [-0.25, -0.2) is 18.1 Å². The molecule has 1 aliphatic heterocycles. The Morgan fingerprint density at radius 2 is 1.65 bits per heavy atom. The molecule has 40 heavy (non-hydrogen) atoms. The summed E-state index contributed by atoms with van der Waals surface area (Å²) < 4.78 is 37.0. The SMILES string of the molecule is COc1ccc(-c2cc(C(=O)Nc3ccc(NC(C)=O)cc3)c3c(C)nn(C4CCS(=O)(=O)C4)c3n2)cc1OC. The van der Waals surface area contributed by atoms with E-state index in [1.54, 1.807) is 61.2 Å². The van der Waals surface area contributed by atoms with Crippen LogP contribution in [0.2, 0.25) is 0 Å². The van der Waals surface area contributed by atoms with Crippen LogP contribution in [0, 0.1) is 6.92 Å². The maximum absolute atomic E-state index is 13.7. The van der Waals surface area contributed by atoms with Gasteiger partial charge in [0.15, 0.2) is 27.0 Å². The molecule has 2 N–H and O–H groups in total. The quantitative estimate of drug-likeness (QED) is 0.344. The fourth-order valence-corrected chi connectivity index (χ4v) is 6.59. The van der Waals surface area contributed by atoms with Crippen molar-refractivity contribution in [3.8, 4) is 22.8 Å². The Balaban J connectivity index is 1.62. The number of anilines is 2. The maximum Gasteiger partial charge on any atom is 0.256 e. The van der Waals surface area contributed by atoms with E-state index in [1.807, 2.05) is 6.07 Å². The number of carbonyl (C=O) groups is 2. The van der Waals surface area contributed by atoms with Gasteiger partial charge in [0.1, 0.15) is 0 Å². The smallest absolute Gasteiger partial charge is 0.256 e. The monoisotopic (exact) mass is 563 g/mol. The van der Waals surface area contributed by atoms with E-state index < -0.39 is 9.84 Å². The van der Waals surface area contributed by atoms with Crippen LogP contribution in [0.3, 0.4) is 0 Å². The van der Waals surface area contributed by atoms with E-state index in [4.69, 9.17) is 14.5 Å². The Kier molecular flexibility index (Phi) is 7.19. The molecular formula is C28H29N5O6S. The number of aromatic nitrogens is 3. The minimum Gasteiger partial charge on any atom is -0.493 e. The van der Waals surface area contributed by atoms with Gasteiger partial charge in [0.05, 0.1) is 54.1 Å². The lowest BCUT2D eigenvalue weighted by atomic mass is 10.0. The molecular weight excluding hydrogens is 534 g/mol. The molecule has 1 aliphatic rings. The number of pyridine rings is 1. The van der Waals surface area contributed by atoms with Crippen LogP contribution in [0.4, 0.5) is 11.4 Å². The predicted octanol–water partition coefficient (Wildman–Crippen LogP) is 3.99. The molecule has 0 radical (unpaired) electrons. The normalized spacial score (nSPS) is 16.1. The molecule has 1 fully saturated rings. The summed E-state index contributed by atoms with van der Waals surface area (Å²) in [5, 5.41) is 10.8. The lowest BCUT2D eigenvalue weighted by Crippen LogP contribution is -2.15. The van der Waals surface area contributed by atoms with Crippen LogP contribution < -0.4 is 20.1 Å². The Bertz CT molecular complexity index is 1730. The van der Waals surface area contributed by atoms with E-state index >= 15 is 0 Å². The number of methoxy groups -OCH3 is 2. The second-order valence-electron chi connectivity index (χ2n) is 9.62. The fraction of sp³-hybridized carbons (Fsp3) is 0.286. The summed E-state index contributed by atoms with van der Waals surface area (Å²) in [4.78, 5) is 29.9. The molecule has 11 nitrogen and oxygen atoms in total. The predicted molar refractivity (Wildman–Crippen MR) is 152 cm³/mol. The van der Waals surface area contributed by atoms with Crippen LogP contribution in [0.5, 0.6) is 11.5 Å². The second-order valence-corrected chi connectivity index (χ2v) is 11.9. The number of nitrogens with zero attached hydrogens (tertiary/aromatic N) is 3. The van der Waals surface area contributed by atoms with Crippen molar-refractivity contribution in [2.24, 2.45) is 0 Å². The van der Waals surface area contributed by atoms with Crippen LogP contribution in [0.15, 0.2) is 48.5 Å². The summed E-state index contributed by atoms with van der Waals surface area (Å²) >= 11 is 0. The zero-order valence-electron chi connectivity index (χ0n) is 22.5. The molecule has 5 rings (SSSR count). The van der Waals surface area contributed by atoms with Crippen molar-refractivity contribution in [2.45, 2.75) is 26.3 Å². The molecule has 0 bridgehead atoms. The zero-order chi connectivity index (χ0) is 28.6. The van der Waals surface area contributed by atoms with Crippen molar-refractivity contribution in [1.29, 1.82) is 0 Å². The third kappa shape index (κ3) is 5.34. The Morgan fingerprint density at radius 3 is 2.25 bits per heavy atom. The molecule has 3 heterocycles. The molecule has 0 aliphatic carbocycles. The van der Waals surface area contributed by atoms with Gasteiger partial charge < -0.3 is 20.1 Å². The highest BCUT2D eigenvalue weighted by Gasteiger charge is 2.32. The number of aryl methyl sites for hydroxylation is 1. The third-order valence-electron chi connectivity index (χ3n) is 6.78. The first-order valence-electron chi connectivity index (χ1n) is 12.6. The standard InChI is InChI=1S/C28H29N5O6S/c1-16-26-22(28(35)30-20-8-6-19(7-9-20)29-17(2)34)14-23(18-5-10-24(38-3)25(13-18)39-4)31-27(26)33(32-16)21-11-12-40(36,37)15-21/h5-10,13-14,21H,11-12,15H2,1-4H3,(H,29,34)(H,30,35). The molecule has 4 aromatic rings. The number of fused-ring (bicyclic) bond motifs is 1. The molecule has 2 amide bonds. The van der Waals surface area contributed by atoms with Gasteiger partial charge in [-0.05, 0) is 61.9 Å². The topological polar surface area (TPSA) is 142 Å². The average Bonchev–Trinajstić information content (AvgIpc) is 3.46. The summed E-state index contributed by atoms with van der Waals surface area (Å²) in [7, 11) is -0.104. The summed E-state index contributed by atoms with van der Waals surface area (Å²) in [5.41, 5.74) is 3.64. The Labute approximate surface area is 231 Å². The van der Waals surface area contributed by atoms with Crippen molar-refractivity contribution in [3.63, 3.8) is 0 Å². The van der Waals surface area contributed by atoms with Crippen LogP contribution >= 0.6 is 0 Å². The Hall–Kier alpha value is -4.45. The number of hydrogen-bond donors (Lipinski definition) is 2. The lowest BCUT2D eigenvalue weighted by Gasteiger charge is -2.14. The maximum atomic E-state index is 13.7. The first kappa shape index (κ1) is 27.1. The second kappa shape index (κ2) is 10.6. The van der Waals surface area contributed by atoms with Crippen molar-refractivity contribution >= 4 is 44.1 Å². The van der Waals surface area contributed by atoms with Crippen molar-refractivity contribution in [1.82, 2.24) is 14.8 Å². The molecule has 12 heteroatoms. The molecule has 1 atom stereocenters. The molecule has 1 unspecified atom stereocenters. The first-order valence-corrected chi connectivity index (χ1v) is 14.4. The highest BCUT2D eigenvalue weighted by molar-refractivity contribution is 7.91. The van der Waals surface area contributed by atoms with Gasteiger partial charge in [-0.2, -0.15) is 5.10 Å². The molecule has 2 aromatic heterocycles. The third-order valence-corrected chi connectivity index (χ3v) is 8.53. The van der Waals surface area contributed by atoms with Crippen LogP contribution in [-0.2, 0) is 14.6 Å². The number of hydrogen-bond acceptors (Lipinski definition) is 8. The van der Waals surface area contributed by atoms with E-state index in [1.165, 1.54) is 14.0 Å². The van der Waals surface area contributed by atoms with Gasteiger partial charge in [-0.3, -0.25) is 9.59 Å².